The third kappa shape index (κ3) is 4.42. The van der Waals surface area contributed by atoms with Gasteiger partial charge in [0.15, 0.2) is 0 Å². The first-order valence-electron chi connectivity index (χ1n) is 12.5. The van der Waals surface area contributed by atoms with Gasteiger partial charge in [0.2, 0.25) is 17.7 Å². The fourth-order valence-corrected chi connectivity index (χ4v) is 6.44. The zero-order valence-electron chi connectivity index (χ0n) is 19.9. The van der Waals surface area contributed by atoms with Gasteiger partial charge in [-0.15, -0.1) is 0 Å². The van der Waals surface area contributed by atoms with E-state index in [1.807, 2.05) is 24.3 Å². The molecule has 5 unspecified atom stereocenters. The summed E-state index contributed by atoms with van der Waals surface area (Å²) in [5.74, 6) is -2.10. The number of rotatable bonds is 8. The number of amides is 3. The summed E-state index contributed by atoms with van der Waals surface area (Å²) < 4.78 is 12.5. The highest BCUT2D eigenvalue weighted by Gasteiger charge is 2.72. The molecule has 3 fully saturated rings. The maximum absolute atomic E-state index is 13.8. The Kier molecular flexibility index (Phi) is 7.01. The lowest BCUT2D eigenvalue weighted by Gasteiger charge is -2.34. The number of anilines is 1. The highest BCUT2D eigenvalue weighted by atomic mass is 79.9. The van der Waals surface area contributed by atoms with Crippen LogP contribution < -0.4 is 10.6 Å². The second-order valence-electron chi connectivity index (χ2n) is 9.92. The number of methoxy groups -OCH3 is 1. The first-order chi connectivity index (χ1) is 16.9. The molecule has 8 nitrogen and oxygen atoms in total. The third-order valence-corrected chi connectivity index (χ3v) is 8.26. The Labute approximate surface area is 213 Å². The van der Waals surface area contributed by atoms with Crippen LogP contribution >= 0.6 is 15.9 Å². The fraction of sp³-hybridized carbons (Fsp3) is 0.577. The number of carbonyl (C=O) groups excluding carboxylic acids is 3. The monoisotopic (exact) mass is 545 g/mol. The molecule has 2 saturated heterocycles. The molecule has 9 heteroatoms. The topological polar surface area (TPSA) is 97.0 Å². The summed E-state index contributed by atoms with van der Waals surface area (Å²) in [5.41, 5.74) is -0.483. The van der Waals surface area contributed by atoms with Crippen LogP contribution in [0, 0.1) is 11.8 Å². The Morgan fingerprint density at radius 2 is 1.91 bits per heavy atom. The van der Waals surface area contributed by atoms with Gasteiger partial charge in [-0.1, -0.05) is 47.3 Å². The second kappa shape index (κ2) is 10.0. The van der Waals surface area contributed by atoms with Gasteiger partial charge in [0.25, 0.3) is 0 Å². The average Bonchev–Trinajstić information content (AvgIpc) is 3.49. The van der Waals surface area contributed by atoms with Crippen molar-refractivity contribution in [3.63, 3.8) is 0 Å². The zero-order chi connectivity index (χ0) is 24.6. The zero-order valence-corrected chi connectivity index (χ0v) is 21.5. The van der Waals surface area contributed by atoms with Crippen molar-refractivity contribution in [1.82, 2.24) is 10.2 Å². The highest BCUT2D eigenvalue weighted by molar-refractivity contribution is 9.10. The van der Waals surface area contributed by atoms with Gasteiger partial charge < -0.3 is 25.0 Å². The summed E-state index contributed by atoms with van der Waals surface area (Å²) >= 11 is 3.40. The quantitative estimate of drug-likeness (QED) is 0.386. The Hall–Kier alpha value is -2.23. The molecule has 5 atom stereocenters. The van der Waals surface area contributed by atoms with E-state index in [0.717, 1.165) is 30.2 Å². The van der Waals surface area contributed by atoms with Crippen LogP contribution in [0.1, 0.15) is 38.5 Å². The fourth-order valence-electron chi connectivity index (χ4n) is 6.17. The maximum Gasteiger partial charge on any atom is 0.246 e. The van der Waals surface area contributed by atoms with Crippen molar-refractivity contribution in [3.05, 3.63) is 40.9 Å². The molecule has 0 radical (unpaired) electrons. The van der Waals surface area contributed by atoms with Crippen LogP contribution in [0.5, 0.6) is 0 Å². The van der Waals surface area contributed by atoms with Crippen molar-refractivity contribution in [2.24, 2.45) is 11.8 Å². The van der Waals surface area contributed by atoms with E-state index in [1.165, 1.54) is 6.42 Å². The van der Waals surface area contributed by atoms with Crippen molar-refractivity contribution in [3.8, 4) is 0 Å². The van der Waals surface area contributed by atoms with Gasteiger partial charge in [0.1, 0.15) is 11.6 Å². The first kappa shape index (κ1) is 24.5. The number of halogens is 1. The molecule has 188 valence electrons. The van der Waals surface area contributed by atoms with Gasteiger partial charge in [-0.25, -0.2) is 0 Å². The second-order valence-corrected chi connectivity index (χ2v) is 10.8. The molecule has 0 aromatic heterocycles. The molecule has 1 aromatic carbocycles. The Morgan fingerprint density at radius 1 is 1.17 bits per heavy atom. The minimum absolute atomic E-state index is 0.113. The molecule has 1 saturated carbocycles. The molecule has 3 amide bonds. The number of benzene rings is 1. The van der Waals surface area contributed by atoms with Crippen molar-refractivity contribution >= 4 is 39.3 Å². The molecule has 4 aliphatic rings. The minimum atomic E-state index is -1.13. The molecule has 3 heterocycles. The lowest BCUT2D eigenvalue weighted by molar-refractivity contribution is -0.141. The smallest absolute Gasteiger partial charge is 0.246 e. The Balaban J connectivity index is 1.41. The van der Waals surface area contributed by atoms with Crippen LogP contribution in [0.3, 0.4) is 0 Å². The number of ether oxygens (including phenoxy) is 2. The van der Waals surface area contributed by atoms with E-state index in [1.54, 1.807) is 24.1 Å². The van der Waals surface area contributed by atoms with Crippen molar-refractivity contribution < 1.29 is 23.9 Å². The van der Waals surface area contributed by atoms with Crippen LogP contribution in [0.2, 0.25) is 0 Å². The number of likely N-dealkylation sites (tertiary alicyclic amines) is 1. The van der Waals surface area contributed by atoms with Gasteiger partial charge in [-0.05, 0) is 43.5 Å². The van der Waals surface area contributed by atoms with E-state index < -0.39 is 29.6 Å². The molecule has 1 spiro atoms. The molecule has 35 heavy (non-hydrogen) atoms. The van der Waals surface area contributed by atoms with Gasteiger partial charge >= 0.3 is 0 Å². The number of hydrogen-bond acceptors (Lipinski definition) is 5. The lowest BCUT2D eigenvalue weighted by Crippen LogP contribution is -2.56. The van der Waals surface area contributed by atoms with Crippen LogP contribution in [-0.2, 0) is 23.9 Å². The largest absolute Gasteiger partial charge is 0.385 e. The Morgan fingerprint density at radius 3 is 2.63 bits per heavy atom. The molecule has 5 rings (SSSR count). The summed E-state index contributed by atoms with van der Waals surface area (Å²) in [6, 6.07) is 6.61. The molecule has 1 aromatic rings. The predicted molar refractivity (Wildman–Crippen MR) is 134 cm³/mol. The van der Waals surface area contributed by atoms with E-state index in [0.29, 0.717) is 25.3 Å². The number of nitrogens with one attached hydrogen (secondary N) is 2. The van der Waals surface area contributed by atoms with E-state index in [9.17, 15) is 14.4 Å². The first-order valence-corrected chi connectivity index (χ1v) is 13.3. The number of hydrogen-bond donors (Lipinski definition) is 2. The van der Waals surface area contributed by atoms with Crippen LogP contribution in [-0.4, -0.2) is 66.7 Å². The van der Waals surface area contributed by atoms with E-state index in [2.05, 4.69) is 26.6 Å². The SMILES string of the molecule is COCCCN1C(=O)C2C(C(=O)Nc3ccc(Br)cc3)C3C=CC2(O3)C1C(=O)NC1CCCCC1. The summed E-state index contributed by atoms with van der Waals surface area (Å²) in [6.07, 6.45) is 9.03. The molecule has 2 N–H and O–H groups in total. The molecule has 2 bridgehead atoms. The van der Waals surface area contributed by atoms with E-state index >= 15 is 0 Å². The molecular formula is C26H32BrN3O5. The van der Waals surface area contributed by atoms with Gasteiger partial charge in [-0.2, -0.15) is 0 Å². The van der Waals surface area contributed by atoms with Crippen molar-refractivity contribution in [2.45, 2.75) is 62.3 Å². The summed E-state index contributed by atoms with van der Waals surface area (Å²) in [5, 5.41) is 6.14. The van der Waals surface area contributed by atoms with Crippen molar-refractivity contribution in [1.29, 1.82) is 0 Å². The summed E-state index contributed by atoms with van der Waals surface area (Å²) in [6.45, 7) is 0.849. The van der Waals surface area contributed by atoms with Gasteiger partial charge in [0, 0.05) is 36.5 Å². The van der Waals surface area contributed by atoms with Crippen LogP contribution in [0.4, 0.5) is 5.69 Å². The molecule has 3 aliphatic heterocycles. The molecule has 1 aliphatic carbocycles. The molecular weight excluding hydrogens is 514 g/mol. The summed E-state index contributed by atoms with van der Waals surface area (Å²) in [4.78, 5) is 42.5. The van der Waals surface area contributed by atoms with E-state index in [4.69, 9.17) is 9.47 Å². The van der Waals surface area contributed by atoms with Gasteiger partial charge in [-0.3, -0.25) is 14.4 Å². The lowest BCUT2D eigenvalue weighted by atomic mass is 9.74. The third-order valence-electron chi connectivity index (χ3n) is 7.74. The number of fused-ring (bicyclic) bond motifs is 1. The Bertz CT molecular complexity index is 1010. The highest BCUT2D eigenvalue weighted by Crippen LogP contribution is 2.55. The number of carbonyl (C=O) groups is 3. The number of nitrogens with zero attached hydrogens (tertiary/aromatic N) is 1. The maximum atomic E-state index is 13.8. The predicted octanol–water partition coefficient (Wildman–Crippen LogP) is 3.02. The van der Waals surface area contributed by atoms with Gasteiger partial charge in [0.05, 0.1) is 17.9 Å². The summed E-state index contributed by atoms with van der Waals surface area (Å²) in [7, 11) is 1.61. The van der Waals surface area contributed by atoms with Crippen molar-refractivity contribution in [2.75, 3.05) is 25.6 Å². The standard InChI is InChI=1S/C26H32BrN3O5/c1-34-15-5-14-30-22(24(32)29-17-6-3-2-4-7-17)26-13-12-19(35-26)20(21(26)25(30)33)23(31)28-18-10-8-16(27)9-11-18/h8-13,17,19-22H,2-7,14-15H2,1H3,(H,28,31)(H,29,32). The van der Waals surface area contributed by atoms with Crippen LogP contribution in [0.25, 0.3) is 0 Å². The normalized spacial score (nSPS) is 31.6. The average molecular weight is 546 g/mol. The van der Waals surface area contributed by atoms with E-state index in [-0.39, 0.29) is 23.8 Å². The minimum Gasteiger partial charge on any atom is -0.385 e. The van der Waals surface area contributed by atoms with Crippen LogP contribution in [0.15, 0.2) is 40.9 Å².